The van der Waals surface area contributed by atoms with Gasteiger partial charge in [-0.15, -0.1) is 11.3 Å². The molecule has 0 aliphatic heterocycles. The molecule has 1 aromatic carbocycles. The van der Waals surface area contributed by atoms with Gasteiger partial charge in [-0.05, 0) is 36.8 Å². The lowest BCUT2D eigenvalue weighted by Crippen LogP contribution is -2.10. The Labute approximate surface area is 121 Å². The number of carbonyl (C=O) groups excluding carboxylic acids is 1. The van der Waals surface area contributed by atoms with Gasteiger partial charge in [0.1, 0.15) is 12.4 Å². The Morgan fingerprint density at radius 2 is 2.16 bits per heavy atom. The van der Waals surface area contributed by atoms with E-state index in [2.05, 4.69) is 0 Å². The van der Waals surface area contributed by atoms with Crippen LogP contribution in [0.3, 0.4) is 0 Å². The van der Waals surface area contributed by atoms with E-state index in [9.17, 15) is 4.79 Å². The van der Waals surface area contributed by atoms with Gasteiger partial charge in [0.15, 0.2) is 5.78 Å². The SMILES string of the molecule is CC(=O)c1ccc(-c2ccc(Cl)c(OCCN)c2)s1. The largest absolute Gasteiger partial charge is 0.491 e. The summed E-state index contributed by atoms with van der Waals surface area (Å²) in [5.74, 6) is 0.687. The molecule has 1 heterocycles. The summed E-state index contributed by atoms with van der Waals surface area (Å²) in [5, 5.41) is 0.556. The second kappa shape index (κ2) is 6.19. The van der Waals surface area contributed by atoms with Gasteiger partial charge in [-0.3, -0.25) is 4.79 Å². The van der Waals surface area contributed by atoms with Crippen molar-refractivity contribution >= 4 is 28.7 Å². The zero-order chi connectivity index (χ0) is 13.8. The Kier molecular flexibility index (Phi) is 4.58. The summed E-state index contributed by atoms with van der Waals surface area (Å²) >= 11 is 7.52. The highest BCUT2D eigenvalue weighted by Crippen LogP contribution is 2.34. The van der Waals surface area contributed by atoms with Crippen molar-refractivity contribution in [2.45, 2.75) is 6.92 Å². The fourth-order valence-corrected chi connectivity index (χ4v) is 2.69. The fourth-order valence-electron chi connectivity index (χ4n) is 1.62. The third kappa shape index (κ3) is 3.35. The summed E-state index contributed by atoms with van der Waals surface area (Å²) in [4.78, 5) is 13.1. The summed E-state index contributed by atoms with van der Waals surface area (Å²) in [5.41, 5.74) is 6.39. The molecular weight excluding hydrogens is 282 g/mol. The molecule has 0 saturated heterocycles. The Hall–Kier alpha value is -1.36. The molecule has 19 heavy (non-hydrogen) atoms. The van der Waals surface area contributed by atoms with Crippen LogP contribution in [-0.4, -0.2) is 18.9 Å². The molecule has 0 aliphatic rings. The molecule has 2 rings (SSSR count). The normalized spacial score (nSPS) is 10.5. The van der Waals surface area contributed by atoms with Crippen LogP contribution in [-0.2, 0) is 0 Å². The highest BCUT2D eigenvalue weighted by Gasteiger charge is 2.09. The maximum atomic E-state index is 11.3. The molecule has 0 aliphatic carbocycles. The van der Waals surface area contributed by atoms with Crippen LogP contribution in [0.15, 0.2) is 30.3 Å². The van der Waals surface area contributed by atoms with Crippen LogP contribution in [0.25, 0.3) is 10.4 Å². The predicted molar refractivity (Wildman–Crippen MR) is 79.3 cm³/mol. The van der Waals surface area contributed by atoms with E-state index in [0.717, 1.165) is 15.3 Å². The van der Waals surface area contributed by atoms with Crippen molar-refractivity contribution in [3.63, 3.8) is 0 Å². The smallest absolute Gasteiger partial charge is 0.169 e. The number of halogens is 1. The number of Topliss-reactive ketones (excluding diaryl/α,β-unsaturated/α-hetero) is 1. The van der Waals surface area contributed by atoms with E-state index >= 15 is 0 Å². The summed E-state index contributed by atoms with van der Waals surface area (Å²) in [6.45, 7) is 2.42. The van der Waals surface area contributed by atoms with Crippen molar-refractivity contribution < 1.29 is 9.53 Å². The molecule has 0 spiro atoms. The molecule has 0 bridgehead atoms. The minimum atomic E-state index is 0.0739. The van der Waals surface area contributed by atoms with E-state index < -0.39 is 0 Å². The monoisotopic (exact) mass is 295 g/mol. The van der Waals surface area contributed by atoms with E-state index in [-0.39, 0.29) is 5.78 Å². The second-order valence-electron chi connectivity index (χ2n) is 4.00. The molecule has 0 radical (unpaired) electrons. The van der Waals surface area contributed by atoms with Gasteiger partial charge in [-0.25, -0.2) is 0 Å². The van der Waals surface area contributed by atoms with Crippen molar-refractivity contribution in [2.24, 2.45) is 5.73 Å². The summed E-state index contributed by atoms with van der Waals surface area (Å²) < 4.78 is 5.48. The molecule has 2 aromatic rings. The van der Waals surface area contributed by atoms with Gasteiger partial charge in [0.05, 0.1) is 9.90 Å². The highest BCUT2D eigenvalue weighted by atomic mass is 35.5. The van der Waals surface area contributed by atoms with Crippen LogP contribution in [0.4, 0.5) is 0 Å². The lowest BCUT2D eigenvalue weighted by molar-refractivity contribution is 0.102. The average Bonchev–Trinajstić information content (AvgIpc) is 2.87. The van der Waals surface area contributed by atoms with Crippen LogP contribution in [0.1, 0.15) is 16.6 Å². The predicted octanol–water partition coefficient (Wildman–Crippen LogP) is 3.61. The second-order valence-corrected chi connectivity index (χ2v) is 5.49. The van der Waals surface area contributed by atoms with Crippen molar-refractivity contribution in [2.75, 3.05) is 13.2 Å². The summed E-state index contributed by atoms with van der Waals surface area (Å²) in [6, 6.07) is 9.33. The van der Waals surface area contributed by atoms with Gasteiger partial charge in [-0.2, -0.15) is 0 Å². The number of nitrogens with two attached hydrogens (primary N) is 1. The van der Waals surface area contributed by atoms with E-state index in [0.29, 0.717) is 23.9 Å². The van der Waals surface area contributed by atoms with Crippen LogP contribution in [0, 0.1) is 0 Å². The van der Waals surface area contributed by atoms with Gasteiger partial charge in [-0.1, -0.05) is 17.7 Å². The number of carbonyl (C=O) groups is 1. The van der Waals surface area contributed by atoms with Crippen LogP contribution in [0.5, 0.6) is 5.75 Å². The van der Waals surface area contributed by atoms with Gasteiger partial charge in [0, 0.05) is 11.4 Å². The number of benzene rings is 1. The Bertz CT molecular complexity index is 595. The lowest BCUT2D eigenvalue weighted by Gasteiger charge is -2.08. The first-order valence-electron chi connectivity index (χ1n) is 5.85. The van der Waals surface area contributed by atoms with E-state index in [1.165, 1.54) is 11.3 Å². The van der Waals surface area contributed by atoms with Crippen molar-refractivity contribution in [3.05, 3.63) is 40.2 Å². The summed E-state index contributed by atoms with van der Waals surface area (Å²) in [7, 11) is 0. The number of hydrogen-bond donors (Lipinski definition) is 1. The van der Waals surface area contributed by atoms with Gasteiger partial charge < -0.3 is 10.5 Å². The maximum Gasteiger partial charge on any atom is 0.169 e. The zero-order valence-corrected chi connectivity index (χ0v) is 12.1. The van der Waals surface area contributed by atoms with Crippen molar-refractivity contribution in [1.82, 2.24) is 0 Å². The van der Waals surface area contributed by atoms with Gasteiger partial charge in [0.25, 0.3) is 0 Å². The third-order valence-electron chi connectivity index (χ3n) is 2.54. The first-order chi connectivity index (χ1) is 9.11. The minimum Gasteiger partial charge on any atom is -0.491 e. The first-order valence-corrected chi connectivity index (χ1v) is 7.05. The molecule has 3 nitrogen and oxygen atoms in total. The number of thiophene rings is 1. The molecule has 5 heteroatoms. The van der Waals surface area contributed by atoms with E-state index in [1.807, 2.05) is 24.3 Å². The molecule has 0 fully saturated rings. The average molecular weight is 296 g/mol. The molecule has 2 N–H and O–H groups in total. The first kappa shape index (κ1) is 14.1. The molecule has 0 unspecified atom stereocenters. The molecular formula is C14H14ClNO2S. The van der Waals surface area contributed by atoms with E-state index in [4.69, 9.17) is 22.1 Å². The number of hydrogen-bond acceptors (Lipinski definition) is 4. The topological polar surface area (TPSA) is 52.3 Å². The number of ether oxygens (including phenoxy) is 1. The Balaban J connectivity index is 2.31. The van der Waals surface area contributed by atoms with Crippen LogP contribution >= 0.6 is 22.9 Å². The summed E-state index contributed by atoms with van der Waals surface area (Å²) in [6.07, 6.45) is 0. The van der Waals surface area contributed by atoms with Crippen molar-refractivity contribution in [1.29, 1.82) is 0 Å². The van der Waals surface area contributed by atoms with E-state index in [1.54, 1.807) is 13.0 Å². The Morgan fingerprint density at radius 3 is 2.79 bits per heavy atom. The maximum absolute atomic E-state index is 11.3. The lowest BCUT2D eigenvalue weighted by atomic mass is 10.2. The van der Waals surface area contributed by atoms with Crippen LogP contribution in [0.2, 0.25) is 5.02 Å². The quantitative estimate of drug-likeness (QED) is 0.857. The Morgan fingerprint density at radius 1 is 1.37 bits per heavy atom. The molecule has 100 valence electrons. The van der Waals surface area contributed by atoms with Gasteiger partial charge in [0.2, 0.25) is 0 Å². The minimum absolute atomic E-state index is 0.0739. The zero-order valence-electron chi connectivity index (χ0n) is 10.5. The third-order valence-corrected chi connectivity index (χ3v) is 4.09. The molecule has 1 aromatic heterocycles. The molecule has 0 amide bonds. The van der Waals surface area contributed by atoms with Gasteiger partial charge >= 0.3 is 0 Å². The highest BCUT2D eigenvalue weighted by molar-refractivity contribution is 7.17. The molecule has 0 atom stereocenters. The number of ketones is 1. The fraction of sp³-hybridized carbons (Fsp3) is 0.214. The van der Waals surface area contributed by atoms with Crippen LogP contribution < -0.4 is 10.5 Å². The number of rotatable bonds is 5. The standard InChI is InChI=1S/C14H14ClNO2S/c1-9(17)13-4-5-14(19-13)10-2-3-11(15)12(8-10)18-7-6-16/h2-5,8H,6-7,16H2,1H3. The van der Waals surface area contributed by atoms with Crippen molar-refractivity contribution in [3.8, 4) is 16.2 Å². The molecule has 0 saturated carbocycles.